The number of para-hydroxylation sites is 2. The van der Waals surface area contributed by atoms with Gasteiger partial charge in [-0.1, -0.05) is 12.1 Å². The Morgan fingerprint density at radius 3 is 2.42 bits per heavy atom. The summed E-state index contributed by atoms with van der Waals surface area (Å²) in [5.41, 5.74) is 3.05. The lowest BCUT2D eigenvalue weighted by molar-refractivity contribution is -0.905. The van der Waals surface area contributed by atoms with E-state index in [1.807, 2.05) is 39.4 Å². The molecule has 0 bridgehead atoms. The molecule has 5 heteroatoms. The van der Waals surface area contributed by atoms with Crippen molar-refractivity contribution < 1.29 is 17.3 Å². The summed E-state index contributed by atoms with van der Waals surface area (Å²) < 4.78 is 3.97. The molecule has 0 unspecified atom stereocenters. The Morgan fingerprint density at radius 2 is 1.62 bits per heavy atom. The fourth-order valence-corrected chi connectivity index (χ4v) is 3.92. The average molecular weight is 346 g/mol. The quantitative estimate of drug-likeness (QED) is 0.627. The minimum Gasteiger partial charge on any atom is -1.00 e. The molecular weight excluding hydrogens is 322 g/mol. The summed E-state index contributed by atoms with van der Waals surface area (Å²) in [5.74, 6) is 0. The third kappa shape index (κ3) is 3.08. The van der Waals surface area contributed by atoms with Crippen LogP contribution in [0.1, 0.15) is 25.7 Å². The van der Waals surface area contributed by atoms with E-state index in [-0.39, 0.29) is 18.0 Å². The van der Waals surface area contributed by atoms with Gasteiger partial charge >= 0.3 is 0 Å². The van der Waals surface area contributed by atoms with E-state index in [1.165, 1.54) is 38.9 Å². The van der Waals surface area contributed by atoms with Crippen LogP contribution in [0.4, 0.5) is 0 Å². The van der Waals surface area contributed by atoms with Crippen molar-refractivity contribution in [3.63, 3.8) is 0 Å². The summed E-state index contributed by atoms with van der Waals surface area (Å²) in [4.78, 5) is 14.5. The first-order valence-electron chi connectivity index (χ1n) is 8.77. The number of nitrogens with zero attached hydrogens (tertiary/aromatic N) is 2. The Balaban J connectivity index is 0.00000169. The fourth-order valence-electron chi connectivity index (χ4n) is 3.92. The number of quaternary nitrogens is 1. The summed E-state index contributed by atoms with van der Waals surface area (Å²) >= 11 is 0. The highest BCUT2D eigenvalue weighted by Crippen LogP contribution is 2.15. The first-order chi connectivity index (χ1) is 11.3. The van der Waals surface area contributed by atoms with Gasteiger partial charge in [-0.05, 0) is 43.5 Å². The second-order valence-electron chi connectivity index (χ2n) is 6.62. The van der Waals surface area contributed by atoms with Gasteiger partial charge in [0, 0.05) is 19.2 Å². The Kier molecular flexibility index (Phi) is 5.27. The number of piperidine rings is 1. The molecule has 0 saturated carbocycles. The lowest BCUT2D eigenvalue weighted by Crippen LogP contribution is -3.12. The molecule has 4 rings (SSSR count). The first kappa shape index (κ1) is 17.1. The molecule has 0 atom stereocenters. The molecule has 24 heavy (non-hydrogen) atoms. The Morgan fingerprint density at radius 1 is 0.917 bits per heavy atom. The van der Waals surface area contributed by atoms with Crippen LogP contribution in [-0.2, 0) is 6.54 Å². The predicted molar refractivity (Wildman–Crippen MR) is 93.2 cm³/mol. The Labute approximate surface area is 148 Å². The Bertz CT molecular complexity index is 877. The van der Waals surface area contributed by atoms with Crippen LogP contribution in [0.2, 0.25) is 0 Å². The van der Waals surface area contributed by atoms with E-state index in [0.29, 0.717) is 0 Å². The van der Waals surface area contributed by atoms with Gasteiger partial charge in [-0.25, -0.2) is 0 Å². The standard InChI is InChI=1S/C19H23N3O.ClH/c23-19-18-10-6-14-21(18)16-8-2-3-9-17(16)22(19)15-7-13-20-11-4-1-5-12-20;/h2-3,6,8-10,14H,1,4-5,7,11-13,15H2;1H. The van der Waals surface area contributed by atoms with Crippen LogP contribution in [0.25, 0.3) is 16.6 Å². The number of hydrogen-bond donors (Lipinski definition) is 1. The van der Waals surface area contributed by atoms with Gasteiger partial charge in [0.15, 0.2) is 0 Å². The molecule has 0 amide bonds. The van der Waals surface area contributed by atoms with Crippen LogP contribution in [0, 0.1) is 0 Å². The van der Waals surface area contributed by atoms with Crippen molar-refractivity contribution in [2.24, 2.45) is 0 Å². The number of benzene rings is 1. The second kappa shape index (κ2) is 7.41. The number of fused-ring (bicyclic) bond motifs is 3. The summed E-state index contributed by atoms with van der Waals surface area (Å²) in [6, 6.07) is 12.1. The number of halogens is 1. The molecule has 0 aliphatic carbocycles. The molecule has 1 aliphatic rings. The number of likely N-dealkylation sites (tertiary alicyclic amines) is 1. The highest BCUT2D eigenvalue weighted by Gasteiger charge is 2.14. The van der Waals surface area contributed by atoms with Crippen molar-refractivity contribution in [1.29, 1.82) is 0 Å². The molecule has 0 spiro atoms. The zero-order valence-corrected chi connectivity index (χ0v) is 14.6. The van der Waals surface area contributed by atoms with Crippen LogP contribution in [-0.4, -0.2) is 28.6 Å². The molecule has 1 N–H and O–H groups in total. The van der Waals surface area contributed by atoms with Crippen LogP contribution in [0.15, 0.2) is 47.4 Å². The van der Waals surface area contributed by atoms with Crippen LogP contribution >= 0.6 is 0 Å². The zero-order chi connectivity index (χ0) is 15.6. The van der Waals surface area contributed by atoms with Crippen molar-refractivity contribution in [2.45, 2.75) is 32.2 Å². The van der Waals surface area contributed by atoms with Crippen LogP contribution in [0.3, 0.4) is 0 Å². The fraction of sp³-hybridized carbons (Fsp3) is 0.421. The number of nitrogens with one attached hydrogen (secondary N) is 1. The minimum absolute atomic E-state index is 0. The van der Waals surface area contributed by atoms with E-state index in [2.05, 4.69) is 12.1 Å². The highest BCUT2D eigenvalue weighted by atomic mass is 35.5. The van der Waals surface area contributed by atoms with Gasteiger partial charge in [-0.3, -0.25) is 4.79 Å². The molecule has 4 nitrogen and oxygen atoms in total. The maximum absolute atomic E-state index is 12.8. The minimum atomic E-state index is 0. The molecule has 2 aromatic heterocycles. The maximum atomic E-state index is 12.8. The predicted octanol–water partition coefficient (Wildman–Crippen LogP) is -1.28. The molecule has 1 aliphatic heterocycles. The highest BCUT2D eigenvalue weighted by molar-refractivity contribution is 5.78. The van der Waals surface area contributed by atoms with E-state index in [4.69, 9.17) is 0 Å². The number of aromatic nitrogens is 2. The van der Waals surface area contributed by atoms with Crippen molar-refractivity contribution in [2.75, 3.05) is 19.6 Å². The van der Waals surface area contributed by atoms with E-state index in [9.17, 15) is 4.79 Å². The monoisotopic (exact) mass is 345 g/mol. The Hall–Kier alpha value is -1.78. The van der Waals surface area contributed by atoms with Gasteiger partial charge in [0.2, 0.25) is 0 Å². The van der Waals surface area contributed by atoms with Gasteiger partial charge in [-0.2, -0.15) is 0 Å². The van der Waals surface area contributed by atoms with Crippen molar-refractivity contribution in [1.82, 2.24) is 8.97 Å². The molecule has 1 saturated heterocycles. The lowest BCUT2D eigenvalue weighted by Gasteiger charge is -2.23. The summed E-state index contributed by atoms with van der Waals surface area (Å²) in [5, 5.41) is 0. The third-order valence-corrected chi connectivity index (χ3v) is 5.12. The molecule has 1 aromatic carbocycles. The molecule has 1 fully saturated rings. The van der Waals surface area contributed by atoms with Gasteiger partial charge in [0.05, 0.1) is 30.7 Å². The van der Waals surface area contributed by atoms with E-state index < -0.39 is 0 Å². The van der Waals surface area contributed by atoms with Crippen LogP contribution in [0.5, 0.6) is 0 Å². The van der Waals surface area contributed by atoms with Crippen LogP contribution < -0.4 is 22.9 Å². The van der Waals surface area contributed by atoms with Crippen molar-refractivity contribution in [3.8, 4) is 0 Å². The number of rotatable bonds is 4. The second-order valence-corrected chi connectivity index (χ2v) is 6.62. The first-order valence-corrected chi connectivity index (χ1v) is 8.77. The largest absolute Gasteiger partial charge is 1.00 e. The average Bonchev–Trinajstić information content (AvgIpc) is 3.09. The molecule has 0 radical (unpaired) electrons. The molecular formula is C19H24ClN3O. The lowest BCUT2D eigenvalue weighted by atomic mass is 10.1. The van der Waals surface area contributed by atoms with Gasteiger partial charge < -0.3 is 26.3 Å². The maximum Gasteiger partial charge on any atom is 0.275 e. The summed E-state index contributed by atoms with van der Waals surface area (Å²) in [6.45, 7) is 4.58. The molecule has 3 heterocycles. The summed E-state index contributed by atoms with van der Waals surface area (Å²) in [6.07, 6.45) is 7.14. The summed E-state index contributed by atoms with van der Waals surface area (Å²) in [7, 11) is 0. The normalized spacial score (nSPS) is 15.7. The smallest absolute Gasteiger partial charge is 0.275 e. The van der Waals surface area contributed by atoms with Gasteiger partial charge in [-0.15, -0.1) is 0 Å². The van der Waals surface area contributed by atoms with E-state index in [0.717, 1.165) is 29.5 Å². The molecule has 3 aromatic rings. The number of hydrogen-bond acceptors (Lipinski definition) is 1. The topological polar surface area (TPSA) is 30.9 Å². The van der Waals surface area contributed by atoms with Gasteiger partial charge in [0.25, 0.3) is 5.56 Å². The van der Waals surface area contributed by atoms with Crippen molar-refractivity contribution >= 4 is 16.6 Å². The molecule has 128 valence electrons. The van der Waals surface area contributed by atoms with Crippen molar-refractivity contribution in [3.05, 3.63) is 52.9 Å². The number of aryl methyl sites for hydroxylation is 1. The zero-order valence-electron chi connectivity index (χ0n) is 13.9. The van der Waals surface area contributed by atoms with Gasteiger partial charge in [0.1, 0.15) is 5.52 Å². The van der Waals surface area contributed by atoms with E-state index in [1.54, 1.807) is 4.90 Å². The SMILES string of the molecule is O=c1c2cccn2c2ccccc2n1CCC[NH+]1CCCCC1.[Cl-]. The van der Waals surface area contributed by atoms with E-state index >= 15 is 0 Å². The third-order valence-electron chi connectivity index (χ3n) is 5.12.